The first kappa shape index (κ1) is 14.7. The number of halogens is 5. The average Bonchev–Trinajstić information content (AvgIpc) is 2.44. The van der Waals surface area contributed by atoms with Crippen LogP contribution in [0.15, 0.2) is 0 Å². The number of carbonyl (C=O) groups excluding carboxylic acids is 1. The zero-order chi connectivity index (χ0) is 14.9. The first-order chi connectivity index (χ1) is 9.43. The van der Waals surface area contributed by atoms with Crippen LogP contribution in [-0.2, 0) is 0 Å². The van der Waals surface area contributed by atoms with Crippen molar-refractivity contribution >= 4 is 5.91 Å². The molecular formula is C12H11F5N2O. The molecule has 110 valence electrons. The molecule has 8 heteroatoms. The van der Waals surface area contributed by atoms with Gasteiger partial charge in [0.15, 0.2) is 23.3 Å². The molecule has 0 aromatic heterocycles. The highest BCUT2D eigenvalue weighted by atomic mass is 19.2. The van der Waals surface area contributed by atoms with Crippen molar-refractivity contribution in [2.45, 2.75) is 18.9 Å². The van der Waals surface area contributed by atoms with Crippen LogP contribution in [0, 0.1) is 29.1 Å². The van der Waals surface area contributed by atoms with Crippen molar-refractivity contribution in [3.05, 3.63) is 34.6 Å². The van der Waals surface area contributed by atoms with E-state index in [9.17, 15) is 26.7 Å². The van der Waals surface area contributed by atoms with Gasteiger partial charge >= 0.3 is 0 Å². The van der Waals surface area contributed by atoms with E-state index in [-0.39, 0.29) is 0 Å². The van der Waals surface area contributed by atoms with Crippen molar-refractivity contribution < 1.29 is 26.7 Å². The van der Waals surface area contributed by atoms with Crippen LogP contribution in [0.3, 0.4) is 0 Å². The first-order valence-corrected chi connectivity index (χ1v) is 5.96. The second kappa shape index (κ2) is 5.74. The molecule has 1 aromatic rings. The first-order valence-electron chi connectivity index (χ1n) is 5.96. The van der Waals surface area contributed by atoms with Gasteiger partial charge in [-0.25, -0.2) is 22.0 Å². The van der Waals surface area contributed by atoms with Crippen molar-refractivity contribution in [1.82, 2.24) is 10.6 Å². The smallest absolute Gasteiger partial charge is 0.257 e. The van der Waals surface area contributed by atoms with E-state index in [4.69, 9.17) is 0 Å². The van der Waals surface area contributed by atoms with Crippen LogP contribution in [-0.4, -0.2) is 25.0 Å². The Kier molecular flexibility index (Phi) is 4.22. The summed E-state index contributed by atoms with van der Waals surface area (Å²) in [6.07, 6.45) is 1.30. The van der Waals surface area contributed by atoms with Crippen molar-refractivity contribution in [3.63, 3.8) is 0 Å². The minimum Gasteiger partial charge on any atom is -0.348 e. The largest absolute Gasteiger partial charge is 0.348 e. The molecule has 0 radical (unpaired) electrons. The predicted octanol–water partition coefficient (Wildman–Crippen LogP) is 1.86. The number of hydrogen-bond donors (Lipinski definition) is 2. The quantitative estimate of drug-likeness (QED) is 0.497. The van der Waals surface area contributed by atoms with E-state index in [0.717, 1.165) is 13.0 Å². The summed E-state index contributed by atoms with van der Waals surface area (Å²) >= 11 is 0. The third-order valence-corrected chi connectivity index (χ3v) is 3.07. The fourth-order valence-corrected chi connectivity index (χ4v) is 2.04. The van der Waals surface area contributed by atoms with Crippen LogP contribution in [0.25, 0.3) is 0 Å². The molecule has 0 bridgehead atoms. The van der Waals surface area contributed by atoms with Crippen LogP contribution in [0.2, 0.25) is 0 Å². The lowest BCUT2D eigenvalue weighted by atomic mass is 10.1. The number of nitrogens with one attached hydrogen (secondary N) is 2. The van der Waals surface area contributed by atoms with Gasteiger partial charge in [0.1, 0.15) is 5.56 Å². The Hall–Kier alpha value is -1.70. The number of benzene rings is 1. The monoisotopic (exact) mass is 294 g/mol. The molecule has 0 saturated carbocycles. The normalized spacial score (nSPS) is 18.9. The molecule has 1 aliphatic heterocycles. The molecule has 1 heterocycles. The highest BCUT2D eigenvalue weighted by Crippen LogP contribution is 2.23. The molecule has 0 spiro atoms. The molecule has 1 aromatic carbocycles. The maximum atomic E-state index is 13.4. The van der Waals surface area contributed by atoms with Gasteiger partial charge in [0, 0.05) is 12.6 Å². The van der Waals surface area contributed by atoms with Gasteiger partial charge in [-0.2, -0.15) is 0 Å². The molecule has 1 atom stereocenters. The Labute approximate surface area is 111 Å². The lowest BCUT2D eigenvalue weighted by molar-refractivity contribution is 0.0919. The third kappa shape index (κ3) is 2.60. The van der Waals surface area contributed by atoms with Crippen LogP contribution in [0.5, 0.6) is 0 Å². The summed E-state index contributed by atoms with van der Waals surface area (Å²) in [5.41, 5.74) is -1.45. The number of rotatable bonds is 2. The second-order valence-electron chi connectivity index (χ2n) is 4.46. The van der Waals surface area contributed by atoms with E-state index < -0.39 is 46.6 Å². The summed E-state index contributed by atoms with van der Waals surface area (Å²) in [6, 6.07) is -0.411. The lowest BCUT2D eigenvalue weighted by Crippen LogP contribution is -2.46. The van der Waals surface area contributed by atoms with E-state index >= 15 is 0 Å². The van der Waals surface area contributed by atoms with Gasteiger partial charge in [0.2, 0.25) is 5.82 Å². The highest BCUT2D eigenvalue weighted by Gasteiger charge is 2.30. The minimum atomic E-state index is -2.28. The zero-order valence-electron chi connectivity index (χ0n) is 10.2. The maximum absolute atomic E-state index is 13.4. The third-order valence-electron chi connectivity index (χ3n) is 3.07. The van der Waals surface area contributed by atoms with Gasteiger partial charge in [0.05, 0.1) is 0 Å². The molecule has 3 nitrogen and oxygen atoms in total. The zero-order valence-corrected chi connectivity index (χ0v) is 10.2. The summed E-state index contributed by atoms with van der Waals surface area (Å²) < 4.78 is 65.6. The second-order valence-corrected chi connectivity index (χ2v) is 4.46. The Morgan fingerprint density at radius 1 is 1.00 bits per heavy atom. The van der Waals surface area contributed by atoms with Gasteiger partial charge in [-0.3, -0.25) is 4.79 Å². The fourth-order valence-electron chi connectivity index (χ4n) is 2.04. The molecule has 2 rings (SSSR count). The number of amides is 1. The molecule has 1 amide bonds. The van der Waals surface area contributed by atoms with Crippen molar-refractivity contribution in [2.24, 2.45) is 0 Å². The maximum Gasteiger partial charge on any atom is 0.257 e. The summed E-state index contributed by atoms with van der Waals surface area (Å²) in [6.45, 7) is 1.12. The topological polar surface area (TPSA) is 41.1 Å². The summed E-state index contributed by atoms with van der Waals surface area (Å²) in [5, 5.41) is 5.20. The van der Waals surface area contributed by atoms with E-state index in [1.165, 1.54) is 0 Å². The molecule has 1 saturated heterocycles. The van der Waals surface area contributed by atoms with E-state index in [1.807, 2.05) is 0 Å². The number of piperidine rings is 1. The average molecular weight is 294 g/mol. The molecule has 0 aliphatic carbocycles. The standard InChI is InChI=1S/C12H11F5N2O/c13-7-6(8(14)10(16)11(17)9(7)15)12(20)19-5-2-1-3-18-4-5/h5,18H,1-4H2,(H,19,20)/t5-/m0/s1. The van der Waals surface area contributed by atoms with Crippen LogP contribution < -0.4 is 10.6 Å². The predicted molar refractivity (Wildman–Crippen MR) is 59.6 cm³/mol. The van der Waals surface area contributed by atoms with Gasteiger partial charge in [-0.05, 0) is 19.4 Å². The summed E-state index contributed by atoms with van der Waals surface area (Å²) in [7, 11) is 0. The molecular weight excluding hydrogens is 283 g/mol. The Morgan fingerprint density at radius 2 is 1.55 bits per heavy atom. The Balaban J connectivity index is 2.30. The van der Waals surface area contributed by atoms with E-state index in [2.05, 4.69) is 10.6 Å². The van der Waals surface area contributed by atoms with Gasteiger partial charge in [-0.15, -0.1) is 0 Å². The van der Waals surface area contributed by atoms with Crippen LogP contribution in [0.4, 0.5) is 22.0 Å². The van der Waals surface area contributed by atoms with Crippen molar-refractivity contribution in [2.75, 3.05) is 13.1 Å². The van der Waals surface area contributed by atoms with Crippen LogP contribution in [0.1, 0.15) is 23.2 Å². The highest BCUT2D eigenvalue weighted by molar-refractivity contribution is 5.95. The minimum absolute atomic E-state index is 0.376. The summed E-state index contributed by atoms with van der Waals surface area (Å²) in [4.78, 5) is 11.7. The molecule has 20 heavy (non-hydrogen) atoms. The van der Waals surface area contributed by atoms with Crippen LogP contribution >= 0.6 is 0 Å². The molecule has 1 fully saturated rings. The Morgan fingerprint density at radius 3 is 2.05 bits per heavy atom. The number of hydrogen-bond acceptors (Lipinski definition) is 2. The van der Waals surface area contributed by atoms with Crippen molar-refractivity contribution in [1.29, 1.82) is 0 Å². The fraction of sp³-hybridized carbons (Fsp3) is 0.417. The molecule has 1 aliphatic rings. The lowest BCUT2D eigenvalue weighted by Gasteiger charge is -2.24. The van der Waals surface area contributed by atoms with E-state index in [1.54, 1.807) is 0 Å². The van der Waals surface area contributed by atoms with Gasteiger partial charge < -0.3 is 10.6 Å². The number of carbonyl (C=O) groups is 1. The van der Waals surface area contributed by atoms with Crippen molar-refractivity contribution in [3.8, 4) is 0 Å². The summed E-state index contributed by atoms with van der Waals surface area (Å²) in [5.74, 6) is -12.1. The van der Waals surface area contributed by atoms with Gasteiger partial charge in [0.25, 0.3) is 5.91 Å². The SMILES string of the molecule is O=C(N[C@H]1CCCNC1)c1c(F)c(F)c(F)c(F)c1F. The Bertz CT molecular complexity index is 514. The van der Waals surface area contributed by atoms with Gasteiger partial charge in [-0.1, -0.05) is 0 Å². The molecule has 0 unspecified atom stereocenters. The van der Waals surface area contributed by atoms with E-state index in [0.29, 0.717) is 13.0 Å². The molecule has 2 N–H and O–H groups in total.